The maximum absolute atomic E-state index is 13.9. The van der Waals surface area contributed by atoms with Crippen LogP contribution in [0.5, 0.6) is 0 Å². The summed E-state index contributed by atoms with van der Waals surface area (Å²) in [7, 11) is 0. The molecule has 0 heterocycles. The Balaban J connectivity index is 2.21. The van der Waals surface area contributed by atoms with E-state index in [9.17, 15) is 13.6 Å². The van der Waals surface area contributed by atoms with Crippen LogP contribution >= 0.6 is 0 Å². The molecule has 4 nitrogen and oxygen atoms in total. The zero-order valence-corrected chi connectivity index (χ0v) is 14.7. The van der Waals surface area contributed by atoms with Crippen LogP contribution in [0, 0.1) is 17.0 Å². The molecule has 1 aromatic rings. The van der Waals surface area contributed by atoms with Gasteiger partial charge in [0.05, 0.1) is 12.6 Å². The second-order valence-electron chi connectivity index (χ2n) is 6.86. The van der Waals surface area contributed by atoms with Crippen molar-refractivity contribution in [2.75, 3.05) is 13.2 Å². The summed E-state index contributed by atoms with van der Waals surface area (Å²) in [6.07, 6.45) is 0.309. The number of halogens is 2. The molecule has 1 aromatic carbocycles. The van der Waals surface area contributed by atoms with Crippen LogP contribution in [0.3, 0.4) is 0 Å². The fraction of sp³-hybridized carbons (Fsp3) is 0.611. The van der Waals surface area contributed by atoms with E-state index >= 15 is 0 Å². The minimum atomic E-state index is -1.09. The number of nitrogens with zero attached hydrogens (tertiary/aromatic N) is 1. The summed E-state index contributed by atoms with van der Waals surface area (Å²) in [5, 5.41) is 0. The van der Waals surface area contributed by atoms with Crippen LogP contribution in [-0.4, -0.2) is 35.6 Å². The molecule has 0 radical (unpaired) electrons. The van der Waals surface area contributed by atoms with E-state index in [1.54, 1.807) is 6.92 Å². The molecular weight excluding hydrogens is 314 g/mol. The molecule has 0 spiro atoms. The number of nitrogens with two attached hydrogens (primary N) is 1. The predicted molar refractivity (Wildman–Crippen MR) is 88.2 cm³/mol. The van der Waals surface area contributed by atoms with Gasteiger partial charge < -0.3 is 15.4 Å². The maximum Gasteiger partial charge on any atom is 0.243 e. The van der Waals surface area contributed by atoms with E-state index in [1.807, 2.05) is 20.8 Å². The first kappa shape index (κ1) is 18.8. The van der Waals surface area contributed by atoms with Gasteiger partial charge in [0, 0.05) is 30.6 Å². The molecule has 134 valence electrons. The summed E-state index contributed by atoms with van der Waals surface area (Å²) >= 11 is 0. The van der Waals surface area contributed by atoms with Crippen LogP contribution in [0.2, 0.25) is 0 Å². The SMILES string of the molecule is CCOC1CC(N)(C(=O)N(CC)Cc2c(F)cccc2F)C1(C)C. The lowest BCUT2D eigenvalue weighted by atomic mass is 9.54. The Labute approximate surface area is 142 Å². The van der Waals surface area contributed by atoms with E-state index in [0.29, 0.717) is 19.6 Å². The van der Waals surface area contributed by atoms with Crippen molar-refractivity contribution >= 4 is 5.91 Å². The fourth-order valence-electron chi connectivity index (χ4n) is 3.28. The first-order chi connectivity index (χ1) is 11.2. The quantitative estimate of drug-likeness (QED) is 0.866. The third-order valence-electron chi connectivity index (χ3n) is 5.29. The largest absolute Gasteiger partial charge is 0.378 e. The second-order valence-corrected chi connectivity index (χ2v) is 6.86. The summed E-state index contributed by atoms with van der Waals surface area (Å²) < 4.78 is 33.4. The Hall–Kier alpha value is -1.53. The van der Waals surface area contributed by atoms with Gasteiger partial charge in [0.1, 0.15) is 17.2 Å². The van der Waals surface area contributed by atoms with Gasteiger partial charge in [0.2, 0.25) is 5.91 Å². The minimum absolute atomic E-state index is 0.0969. The topological polar surface area (TPSA) is 55.6 Å². The highest BCUT2D eigenvalue weighted by molar-refractivity contribution is 5.89. The van der Waals surface area contributed by atoms with Crippen LogP contribution in [0.15, 0.2) is 18.2 Å². The van der Waals surface area contributed by atoms with E-state index in [4.69, 9.17) is 10.5 Å². The summed E-state index contributed by atoms with van der Waals surface area (Å²) in [6, 6.07) is 3.68. The molecule has 2 rings (SSSR count). The number of ether oxygens (including phenoxy) is 1. The summed E-state index contributed by atoms with van der Waals surface area (Å²) in [5.41, 5.74) is 4.64. The average molecular weight is 340 g/mol. The first-order valence-electron chi connectivity index (χ1n) is 8.31. The molecule has 2 unspecified atom stereocenters. The third kappa shape index (κ3) is 2.93. The Bertz CT molecular complexity index is 601. The molecule has 1 saturated carbocycles. The highest BCUT2D eigenvalue weighted by Crippen LogP contribution is 2.50. The molecule has 0 bridgehead atoms. The van der Waals surface area contributed by atoms with Crippen LogP contribution in [0.4, 0.5) is 8.78 Å². The summed E-state index contributed by atoms with van der Waals surface area (Å²) in [6.45, 7) is 8.19. The number of amides is 1. The lowest BCUT2D eigenvalue weighted by Gasteiger charge is -2.58. The zero-order chi connectivity index (χ0) is 18.1. The molecule has 1 aliphatic rings. The van der Waals surface area contributed by atoms with Crippen molar-refractivity contribution < 1.29 is 18.3 Å². The highest BCUT2D eigenvalue weighted by Gasteiger charge is 2.63. The average Bonchev–Trinajstić information content (AvgIpc) is 2.53. The van der Waals surface area contributed by atoms with Crippen molar-refractivity contribution in [3.8, 4) is 0 Å². The van der Waals surface area contributed by atoms with Gasteiger partial charge in [-0.25, -0.2) is 8.78 Å². The third-order valence-corrected chi connectivity index (χ3v) is 5.29. The molecule has 2 N–H and O–H groups in total. The number of benzene rings is 1. The van der Waals surface area contributed by atoms with Crippen molar-refractivity contribution in [1.29, 1.82) is 0 Å². The monoisotopic (exact) mass is 340 g/mol. The van der Waals surface area contributed by atoms with Gasteiger partial charge in [-0.2, -0.15) is 0 Å². The van der Waals surface area contributed by atoms with E-state index in [-0.39, 0.29) is 24.1 Å². The van der Waals surface area contributed by atoms with Crippen molar-refractivity contribution in [2.45, 2.75) is 52.3 Å². The Morgan fingerprint density at radius 2 is 1.92 bits per heavy atom. The van der Waals surface area contributed by atoms with Gasteiger partial charge in [-0.1, -0.05) is 19.9 Å². The fourth-order valence-corrected chi connectivity index (χ4v) is 3.28. The highest BCUT2D eigenvalue weighted by atomic mass is 19.1. The molecular formula is C18H26F2N2O2. The zero-order valence-electron chi connectivity index (χ0n) is 14.7. The summed E-state index contributed by atoms with van der Waals surface area (Å²) in [4.78, 5) is 14.4. The molecule has 6 heteroatoms. The van der Waals surface area contributed by atoms with E-state index in [2.05, 4.69) is 0 Å². The summed E-state index contributed by atoms with van der Waals surface area (Å²) in [5.74, 6) is -1.62. The normalized spacial score (nSPS) is 25.2. The van der Waals surface area contributed by atoms with Gasteiger partial charge in [-0.05, 0) is 26.0 Å². The van der Waals surface area contributed by atoms with Crippen molar-refractivity contribution in [3.05, 3.63) is 35.4 Å². The van der Waals surface area contributed by atoms with Crippen molar-refractivity contribution in [2.24, 2.45) is 11.1 Å². The van der Waals surface area contributed by atoms with Crippen LogP contribution < -0.4 is 5.73 Å². The van der Waals surface area contributed by atoms with E-state index in [0.717, 1.165) is 0 Å². The Morgan fingerprint density at radius 1 is 1.33 bits per heavy atom. The molecule has 1 fully saturated rings. The molecule has 24 heavy (non-hydrogen) atoms. The predicted octanol–water partition coefficient (Wildman–Crippen LogP) is 2.85. The Morgan fingerprint density at radius 3 is 2.38 bits per heavy atom. The number of hydrogen-bond donors (Lipinski definition) is 1. The van der Waals surface area contributed by atoms with Gasteiger partial charge in [-0.15, -0.1) is 0 Å². The van der Waals surface area contributed by atoms with Crippen LogP contribution in [0.25, 0.3) is 0 Å². The van der Waals surface area contributed by atoms with Gasteiger partial charge >= 0.3 is 0 Å². The maximum atomic E-state index is 13.9. The minimum Gasteiger partial charge on any atom is -0.378 e. The lowest BCUT2D eigenvalue weighted by molar-refractivity contribution is -0.179. The number of carbonyl (C=O) groups is 1. The molecule has 2 atom stereocenters. The molecule has 1 amide bonds. The van der Waals surface area contributed by atoms with E-state index in [1.165, 1.54) is 23.1 Å². The van der Waals surface area contributed by atoms with Crippen molar-refractivity contribution in [3.63, 3.8) is 0 Å². The lowest BCUT2D eigenvalue weighted by Crippen LogP contribution is -2.76. The molecule has 0 aromatic heterocycles. The first-order valence-corrected chi connectivity index (χ1v) is 8.31. The van der Waals surface area contributed by atoms with Gasteiger partial charge in [0.25, 0.3) is 0 Å². The number of hydrogen-bond acceptors (Lipinski definition) is 3. The smallest absolute Gasteiger partial charge is 0.243 e. The second kappa shape index (κ2) is 6.76. The molecule has 0 saturated heterocycles. The van der Waals surface area contributed by atoms with E-state index < -0.39 is 22.6 Å². The number of likely N-dealkylation sites (N-methyl/N-ethyl adjacent to an activating group) is 1. The number of carbonyl (C=O) groups excluding carboxylic acids is 1. The van der Waals surface area contributed by atoms with Crippen LogP contribution in [-0.2, 0) is 16.1 Å². The van der Waals surface area contributed by atoms with Crippen LogP contribution in [0.1, 0.15) is 39.7 Å². The van der Waals surface area contributed by atoms with Gasteiger partial charge in [-0.3, -0.25) is 4.79 Å². The molecule has 0 aliphatic heterocycles. The Kier molecular flexibility index (Phi) is 5.30. The molecule has 1 aliphatic carbocycles. The standard InChI is InChI=1S/C18H26F2N2O2/c1-5-22(11-12-13(19)8-7-9-14(12)20)16(23)18(21)10-15(24-6-2)17(18,3)4/h7-9,15H,5-6,10-11,21H2,1-4H3. The van der Waals surface area contributed by atoms with Gasteiger partial charge in [0.15, 0.2) is 0 Å². The van der Waals surface area contributed by atoms with Crippen molar-refractivity contribution in [1.82, 2.24) is 4.90 Å². The number of rotatable bonds is 6.